The van der Waals surface area contributed by atoms with E-state index < -0.39 is 9.84 Å². The molecule has 26 heavy (non-hydrogen) atoms. The molecule has 1 aromatic rings. The number of carbonyl (C=O) groups is 2. The average molecular weight is 381 g/mol. The van der Waals surface area contributed by atoms with Crippen molar-refractivity contribution in [2.45, 2.75) is 42.7 Å². The molecule has 8 heteroatoms. The highest BCUT2D eigenvalue weighted by molar-refractivity contribution is 7.90. The van der Waals surface area contributed by atoms with Gasteiger partial charge in [-0.25, -0.2) is 8.42 Å². The highest BCUT2D eigenvalue weighted by Crippen LogP contribution is 2.19. The smallest absolute Gasteiger partial charge is 0.234 e. The molecule has 144 valence electrons. The molecule has 2 atom stereocenters. The number of sulfone groups is 1. The first-order valence-corrected chi connectivity index (χ1v) is 10.5. The van der Waals surface area contributed by atoms with E-state index in [1.54, 1.807) is 12.1 Å². The van der Waals surface area contributed by atoms with Crippen molar-refractivity contribution < 1.29 is 18.0 Å². The summed E-state index contributed by atoms with van der Waals surface area (Å²) in [5.41, 5.74) is 0.767. The van der Waals surface area contributed by atoms with E-state index in [2.05, 4.69) is 10.6 Å². The lowest BCUT2D eigenvalue weighted by Crippen LogP contribution is -2.40. The third-order valence-corrected chi connectivity index (χ3v) is 5.47. The van der Waals surface area contributed by atoms with Crippen LogP contribution in [-0.2, 0) is 25.8 Å². The van der Waals surface area contributed by atoms with Gasteiger partial charge in [0.05, 0.1) is 17.9 Å². The Hall–Kier alpha value is -1.93. The molecule has 0 aliphatic heterocycles. The SMILES string of the molecule is CN(C)CC(=O)N[C@H]1CC[C@@H](NC(=O)Cc2ccc(S(C)(=O)=O)cc2)C1. The zero-order chi connectivity index (χ0) is 19.3. The molecule has 0 saturated heterocycles. The van der Waals surface area contributed by atoms with Crippen molar-refractivity contribution in [2.75, 3.05) is 26.9 Å². The van der Waals surface area contributed by atoms with Gasteiger partial charge in [0.2, 0.25) is 11.8 Å². The lowest BCUT2D eigenvalue weighted by atomic mass is 10.1. The van der Waals surface area contributed by atoms with Crippen LogP contribution < -0.4 is 10.6 Å². The zero-order valence-electron chi connectivity index (χ0n) is 15.5. The summed E-state index contributed by atoms with van der Waals surface area (Å²) in [4.78, 5) is 26.1. The molecule has 1 aliphatic carbocycles. The molecule has 1 fully saturated rings. The van der Waals surface area contributed by atoms with Crippen LogP contribution in [0.5, 0.6) is 0 Å². The monoisotopic (exact) mass is 381 g/mol. The van der Waals surface area contributed by atoms with Crippen molar-refractivity contribution in [2.24, 2.45) is 0 Å². The predicted octanol–water partition coefficient (Wildman–Crippen LogP) is 0.348. The van der Waals surface area contributed by atoms with Gasteiger partial charge in [-0.3, -0.25) is 9.59 Å². The highest BCUT2D eigenvalue weighted by atomic mass is 32.2. The summed E-state index contributed by atoms with van der Waals surface area (Å²) < 4.78 is 22.9. The van der Waals surface area contributed by atoms with E-state index in [0.29, 0.717) is 6.54 Å². The minimum Gasteiger partial charge on any atom is -0.353 e. The summed E-state index contributed by atoms with van der Waals surface area (Å²) >= 11 is 0. The molecular weight excluding hydrogens is 354 g/mol. The third-order valence-electron chi connectivity index (χ3n) is 4.34. The van der Waals surface area contributed by atoms with E-state index in [4.69, 9.17) is 0 Å². The second-order valence-electron chi connectivity index (χ2n) is 7.17. The first-order chi connectivity index (χ1) is 12.1. The van der Waals surface area contributed by atoms with Gasteiger partial charge >= 0.3 is 0 Å². The summed E-state index contributed by atoms with van der Waals surface area (Å²) in [7, 11) is 0.465. The van der Waals surface area contributed by atoms with Gasteiger partial charge in [-0.15, -0.1) is 0 Å². The van der Waals surface area contributed by atoms with E-state index in [-0.39, 0.29) is 35.2 Å². The standard InChI is InChI=1S/C18H27N3O4S/c1-21(2)12-18(23)20-15-7-6-14(11-15)19-17(22)10-13-4-8-16(9-5-13)26(3,24)25/h4-5,8-9,14-15H,6-7,10-12H2,1-3H3,(H,19,22)(H,20,23)/t14-,15+/m1/s1. The summed E-state index contributed by atoms with van der Waals surface area (Å²) in [6.45, 7) is 0.358. The van der Waals surface area contributed by atoms with Crippen molar-refractivity contribution in [3.63, 3.8) is 0 Å². The van der Waals surface area contributed by atoms with E-state index in [1.807, 2.05) is 19.0 Å². The summed E-state index contributed by atoms with van der Waals surface area (Å²) in [6, 6.07) is 6.52. The fourth-order valence-corrected chi connectivity index (χ4v) is 3.75. The van der Waals surface area contributed by atoms with Crippen LogP contribution in [0.1, 0.15) is 24.8 Å². The maximum Gasteiger partial charge on any atom is 0.234 e. The minimum atomic E-state index is -3.23. The second-order valence-corrected chi connectivity index (χ2v) is 9.19. The van der Waals surface area contributed by atoms with Gasteiger partial charge in [0, 0.05) is 18.3 Å². The topological polar surface area (TPSA) is 95.6 Å². The van der Waals surface area contributed by atoms with E-state index in [0.717, 1.165) is 31.1 Å². The van der Waals surface area contributed by atoms with Crippen LogP contribution in [0.3, 0.4) is 0 Å². The fourth-order valence-electron chi connectivity index (χ4n) is 3.12. The molecule has 0 heterocycles. The fraction of sp³-hybridized carbons (Fsp3) is 0.556. The maximum atomic E-state index is 12.2. The largest absolute Gasteiger partial charge is 0.353 e. The second kappa shape index (κ2) is 8.64. The number of amides is 2. The van der Waals surface area contributed by atoms with E-state index >= 15 is 0 Å². The molecule has 1 saturated carbocycles. The summed E-state index contributed by atoms with van der Waals surface area (Å²) in [6.07, 6.45) is 3.79. The molecule has 0 spiro atoms. The predicted molar refractivity (Wildman–Crippen MR) is 99.5 cm³/mol. The molecule has 1 aliphatic rings. The number of hydrogen-bond acceptors (Lipinski definition) is 5. The van der Waals surface area contributed by atoms with Crippen LogP contribution in [-0.4, -0.2) is 64.1 Å². The van der Waals surface area contributed by atoms with Crippen molar-refractivity contribution >= 4 is 21.7 Å². The average Bonchev–Trinajstić information content (AvgIpc) is 2.92. The van der Waals surface area contributed by atoms with E-state index in [1.165, 1.54) is 12.1 Å². The van der Waals surface area contributed by atoms with Crippen molar-refractivity contribution in [1.29, 1.82) is 0 Å². The number of nitrogens with zero attached hydrogens (tertiary/aromatic N) is 1. The quantitative estimate of drug-likeness (QED) is 0.710. The normalized spacial score (nSPS) is 20.2. The Bertz CT molecular complexity index is 744. The van der Waals surface area contributed by atoms with Crippen LogP contribution >= 0.6 is 0 Å². The molecular formula is C18H27N3O4S. The van der Waals surface area contributed by atoms with Gasteiger partial charge in [-0.2, -0.15) is 0 Å². The van der Waals surface area contributed by atoms with Crippen LogP contribution in [0.4, 0.5) is 0 Å². The summed E-state index contributed by atoms with van der Waals surface area (Å²) in [5, 5.41) is 5.99. The Morgan fingerprint density at radius 1 is 1.04 bits per heavy atom. The number of benzene rings is 1. The minimum absolute atomic E-state index is 0.00190. The third kappa shape index (κ3) is 6.42. The zero-order valence-corrected chi connectivity index (χ0v) is 16.3. The first kappa shape index (κ1) is 20.4. The van der Waals surface area contributed by atoms with Crippen molar-refractivity contribution in [1.82, 2.24) is 15.5 Å². The van der Waals surface area contributed by atoms with Crippen LogP contribution in [0, 0.1) is 0 Å². The van der Waals surface area contributed by atoms with Gasteiger partial charge in [0.15, 0.2) is 9.84 Å². The lowest BCUT2D eigenvalue weighted by molar-refractivity contribution is -0.122. The Labute approximate surface area is 155 Å². The van der Waals surface area contributed by atoms with Crippen LogP contribution in [0.25, 0.3) is 0 Å². The molecule has 0 aromatic heterocycles. The van der Waals surface area contributed by atoms with Crippen molar-refractivity contribution in [3.8, 4) is 0 Å². The molecule has 0 radical (unpaired) electrons. The van der Waals surface area contributed by atoms with Crippen LogP contribution in [0.15, 0.2) is 29.2 Å². The Morgan fingerprint density at radius 3 is 2.08 bits per heavy atom. The Morgan fingerprint density at radius 2 is 1.58 bits per heavy atom. The van der Waals surface area contributed by atoms with Crippen LogP contribution in [0.2, 0.25) is 0 Å². The van der Waals surface area contributed by atoms with Gasteiger partial charge in [0.1, 0.15) is 0 Å². The molecule has 2 rings (SSSR count). The first-order valence-electron chi connectivity index (χ1n) is 8.66. The Balaban J connectivity index is 1.79. The highest BCUT2D eigenvalue weighted by Gasteiger charge is 2.27. The number of carbonyl (C=O) groups excluding carboxylic acids is 2. The molecule has 2 amide bonds. The van der Waals surface area contributed by atoms with Gasteiger partial charge in [-0.05, 0) is 51.1 Å². The number of nitrogens with one attached hydrogen (secondary N) is 2. The number of rotatable bonds is 7. The van der Waals surface area contributed by atoms with E-state index in [9.17, 15) is 18.0 Å². The molecule has 1 aromatic carbocycles. The van der Waals surface area contributed by atoms with Crippen molar-refractivity contribution in [3.05, 3.63) is 29.8 Å². The molecule has 0 bridgehead atoms. The molecule has 2 N–H and O–H groups in total. The molecule has 7 nitrogen and oxygen atoms in total. The van der Waals surface area contributed by atoms with Gasteiger partial charge in [0.25, 0.3) is 0 Å². The maximum absolute atomic E-state index is 12.2. The van der Waals surface area contributed by atoms with Gasteiger partial charge in [-0.1, -0.05) is 12.1 Å². The lowest BCUT2D eigenvalue weighted by Gasteiger charge is -2.16. The number of hydrogen-bond donors (Lipinski definition) is 2. The Kier molecular flexibility index (Phi) is 6.77. The summed E-state index contributed by atoms with van der Waals surface area (Å²) in [5.74, 6) is -0.0969. The van der Waals surface area contributed by atoms with Gasteiger partial charge < -0.3 is 15.5 Å². The molecule has 0 unspecified atom stereocenters. The number of likely N-dealkylation sites (N-methyl/N-ethyl adjacent to an activating group) is 1.